The number of para-hydroxylation sites is 4. The van der Waals surface area contributed by atoms with E-state index in [0.717, 1.165) is 48.2 Å². The number of aromatic hydroxyl groups is 1. The van der Waals surface area contributed by atoms with Crippen LogP contribution in [0, 0.1) is 25.7 Å². The van der Waals surface area contributed by atoms with E-state index in [9.17, 15) is 41.0 Å². The Morgan fingerprint density at radius 2 is 1.03 bits per heavy atom. The zero-order chi connectivity index (χ0) is 53.0. The molecular weight excluding hydrogens is 979 g/mol. The molecule has 18 heteroatoms. The molecule has 390 valence electrons. The Morgan fingerprint density at radius 3 is 1.44 bits per heavy atom. The highest BCUT2D eigenvalue weighted by molar-refractivity contribution is 5.99. The fourth-order valence-electron chi connectivity index (χ4n) is 8.77. The molecule has 6 aromatic carbocycles. The monoisotopic (exact) mass is 1030 g/mol. The molecule has 12 nitrogen and oxygen atoms in total. The number of phenolic OH excluding ortho intramolecular Hbond substituents is 1. The highest BCUT2D eigenvalue weighted by Gasteiger charge is 2.29. The zero-order valence-corrected chi connectivity index (χ0v) is 41.3. The van der Waals surface area contributed by atoms with Crippen molar-refractivity contribution in [2.75, 3.05) is 30.8 Å². The number of rotatable bonds is 19. The van der Waals surface area contributed by atoms with Crippen molar-refractivity contribution in [3.05, 3.63) is 144 Å². The lowest BCUT2D eigenvalue weighted by molar-refractivity contribution is -0.132. The molecule has 0 radical (unpaired) electrons. The first-order valence-electron chi connectivity index (χ1n) is 24.6. The number of nitrogens with one attached hydrogen (secondary N) is 2. The summed E-state index contributed by atoms with van der Waals surface area (Å²) in [6.45, 7) is 3.16. The molecule has 0 amide bonds. The number of hydrogen-bond donors (Lipinski definition) is 3. The Kier molecular flexibility index (Phi) is 15.1. The molecule has 0 bridgehead atoms. The molecule has 2 fully saturated rings. The van der Waals surface area contributed by atoms with Gasteiger partial charge < -0.3 is 30.0 Å². The number of hydrogen-bond acceptors (Lipinski definition) is 10. The first-order valence-corrected chi connectivity index (χ1v) is 24.6. The second-order valence-corrected chi connectivity index (χ2v) is 19.0. The van der Waals surface area contributed by atoms with Crippen LogP contribution < -0.4 is 24.8 Å². The van der Waals surface area contributed by atoms with Crippen molar-refractivity contribution in [3.8, 4) is 45.9 Å². The number of benzene rings is 6. The molecular formula is C57H54F6N6O6. The molecule has 0 atom stereocenters. The van der Waals surface area contributed by atoms with Crippen LogP contribution in [-0.4, -0.2) is 68.3 Å². The van der Waals surface area contributed by atoms with Gasteiger partial charge in [0.15, 0.2) is 34.6 Å². The number of aryl methyl sites for hydroxylation is 2. The number of phenols is 1. The number of ether oxygens (including phenoxy) is 3. The first kappa shape index (κ1) is 51.9. The maximum absolute atomic E-state index is 12.8. The number of carbonyl (C=O) groups excluding carboxylic acids is 2. The number of nitrogens with zero attached hydrogens (tertiary/aromatic N) is 4. The van der Waals surface area contributed by atoms with Gasteiger partial charge in [0.2, 0.25) is 0 Å². The Bertz CT molecular complexity index is 3380. The van der Waals surface area contributed by atoms with Gasteiger partial charge in [-0.05, 0) is 123 Å². The van der Waals surface area contributed by atoms with Crippen molar-refractivity contribution in [2.24, 2.45) is 11.8 Å². The van der Waals surface area contributed by atoms with Crippen LogP contribution in [0.15, 0.2) is 122 Å². The molecule has 75 heavy (non-hydrogen) atoms. The molecule has 2 saturated carbocycles. The predicted octanol–water partition coefficient (Wildman–Crippen LogP) is 14.7. The summed E-state index contributed by atoms with van der Waals surface area (Å²) in [7, 11) is 1.53. The third-order valence-corrected chi connectivity index (χ3v) is 13.0. The minimum atomic E-state index is -4.30. The summed E-state index contributed by atoms with van der Waals surface area (Å²) >= 11 is 0. The number of alkyl halides is 6. The fraction of sp³-hybridized carbons (Fsp3) is 0.298. The number of Topliss-reactive ketones (excluding diaryl/α,β-unsaturated/α-hetero) is 2. The van der Waals surface area contributed by atoms with E-state index in [4.69, 9.17) is 14.2 Å². The number of ketones is 2. The summed E-state index contributed by atoms with van der Waals surface area (Å²) in [5.41, 5.74) is 7.65. The van der Waals surface area contributed by atoms with Crippen molar-refractivity contribution >= 4 is 45.0 Å². The number of carbonyl (C=O) groups is 2. The fourth-order valence-corrected chi connectivity index (χ4v) is 8.77. The van der Waals surface area contributed by atoms with Crippen LogP contribution in [0.5, 0.6) is 34.5 Å². The summed E-state index contributed by atoms with van der Waals surface area (Å²) in [5, 5.41) is 15.8. The van der Waals surface area contributed by atoms with Gasteiger partial charge in [-0.1, -0.05) is 24.3 Å². The number of fused-ring (bicyclic) bond motifs is 2. The largest absolute Gasteiger partial charge is 0.504 e. The maximum atomic E-state index is 12.8. The van der Waals surface area contributed by atoms with Crippen LogP contribution in [0.3, 0.4) is 0 Å². The quantitative estimate of drug-likeness (QED) is 0.0529. The Balaban J connectivity index is 0.000000184. The van der Waals surface area contributed by atoms with Crippen molar-refractivity contribution in [1.82, 2.24) is 19.1 Å². The highest BCUT2D eigenvalue weighted by Crippen LogP contribution is 2.40. The predicted molar refractivity (Wildman–Crippen MR) is 275 cm³/mol. The van der Waals surface area contributed by atoms with E-state index in [1.54, 1.807) is 77.9 Å². The van der Waals surface area contributed by atoms with Gasteiger partial charge in [-0.2, -0.15) is 26.3 Å². The third-order valence-electron chi connectivity index (χ3n) is 13.0. The van der Waals surface area contributed by atoms with Gasteiger partial charge in [0.25, 0.3) is 0 Å². The van der Waals surface area contributed by atoms with Crippen molar-refractivity contribution < 1.29 is 55.2 Å². The van der Waals surface area contributed by atoms with Crippen molar-refractivity contribution in [2.45, 2.75) is 77.6 Å². The molecule has 0 unspecified atom stereocenters. The van der Waals surface area contributed by atoms with E-state index in [1.807, 2.05) is 60.9 Å². The topological polar surface area (TPSA) is 142 Å². The minimum Gasteiger partial charge on any atom is -0.504 e. The second-order valence-electron chi connectivity index (χ2n) is 19.0. The maximum Gasteiger partial charge on any atom is 0.390 e. The average Bonchev–Trinajstić information content (AvgIpc) is 4.28. The first-order chi connectivity index (χ1) is 35.9. The third kappa shape index (κ3) is 13.0. The number of aromatic nitrogens is 4. The average molecular weight is 1030 g/mol. The summed E-state index contributed by atoms with van der Waals surface area (Å²) < 4.78 is 97.8. The molecule has 2 aromatic heterocycles. The van der Waals surface area contributed by atoms with Crippen LogP contribution in [0.1, 0.15) is 83.2 Å². The van der Waals surface area contributed by atoms with Crippen LogP contribution in [0.2, 0.25) is 0 Å². The second kappa shape index (κ2) is 21.8. The molecule has 0 spiro atoms. The van der Waals surface area contributed by atoms with E-state index in [0.29, 0.717) is 92.2 Å². The highest BCUT2D eigenvalue weighted by atomic mass is 19.4. The van der Waals surface area contributed by atoms with E-state index >= 15 is 0 Å². The standard InChI is InChI=1S/C29H28F3N3O3.C28H26F3N3O3/c1-18-13-20(9-10-22(18)25(36)14-19-7-8-19)35-17-34-28-23(33-12-11-29(30,31)32)15-21(16-24(28)35)38-27-6-4-3-5-26(27)37-2;1-17-12-19(8-9-21(17)25(36)13-18-6-7-18)34-16-33-27-22(32-11-10-28(29,30)31)14-20(15-23(27)34)37-26-5-3-2-4-24(26)35/h3-6,9-10,13,15-17,19,33H,7-8,11-12,14H2,1-2H3;2-5,8-9,12,14-16,18,32,35H,6-7,10-11,13H2,1H3. The van der Waals surface area contributed by atoms with Gasteiger partial charge in [-0.25, -0.2) is 9.97 Å². The lowest BCUT2D eigenvalue weighted by Gasteiger charge is -2.15. The Labute approximate surface area is 428 Å². The molecule has 3 N–H and O–H groups in total. The zero-order valence-electron chi connectivity index (χ0n) is 41.3. The van der Waals surface area contributed by atoms with Crippen LogP contribution >= 0.6 is 0 Å². The van der Waals surface area contributed by atoms with Crippen molar-refractivity contribution in [3.63, 3.8) is 0 Å². The van der Waals surface area contributed by atoms with Gasteiger partial charge in [0, 0.05) is 72.7 Å². The normalized spacial score (nSPS) is 13.6. The molecule has 10 rings (SSSR count). The minimum absolute atomic E-state index is 0.0650. The lowest BCUT2D eigenvalue weighted by Crippen LogP contribution is -2.14. The number of anilines is 2. The van der Waals surface area contributed by atoms with Crippen molar-refractivity contribution in [1.29, 1.82) is 0 Å². The Morgan fingerprint density at radius 1 is 0.600 bits per heavy atom. The van der Waals surface area contributed by atoms with Crippen LogP contribution in [0.4, 0.5) is 37.7 Å². The molecule has 0 aliphatic heterocycles. The van der Waals surface area contributed by atoms with Gasteiger partial charge >= 0.3 is 12.4 Å². The SMILES string of the molecule is COc1ccccc1Oc1cc(NCCC(F)(F)F)c2ncn(-c3ccc(C(=O)CC4CC4)c(C)c3)c2c1.Cc1cc(-n2cnc3c(NCCC(F)(F)F)cc(Oc4ccccc4O)cc32)ccc1C(=O)CC1CC1. The molecule has 8 aromatic rings. The summed E-state index contributed by atoms with van der Waals surface area (Å²) in [6.07, 6.45) is -1.79. The number of halogens is 6. The van der Waals surface area contributed by atoms with Gasteiger partial charge in [-0.3, -0.25) is 18.7 Å². The van der Waals surface area contributed by atoms with Gasteiger partial charge in [-0.15, -0.1) is 0 Å². The van der Waals surface area contributed by atoms with E-state index in [1.165, 1.54) is 13.2 Å². The summed E-state index contributed by atoms with van der Waals surface area (Å²) in [6, 6.07) is 31.4. The number of imidazole rings is 2. The van der Waals surface area contributed by atoms with Gasteiger partial charge in [0.05, 0.1) is 42.4 Å². The molecule has 0 saturated heterocycles. The molecule has 2 aliphatic rings. The smallest absolute Gasteiger partial charge is 0.390 e. The lowest BCUT2D eigenvalue weighted by atomic mass is 10.0. The number of methoxy groups -OCH3 is 1. The molecule has 2 heterocycles. The van der Waals surface area contributed by atoms with Gasteiger partial charge in [0.1, 0.15) is 35.2 Å². The van der Waals surface area contributed by atoms with Crippen LogP contribution in [0.25, 0.3) is 33.4 Å². The summed E-state index contributed by atoms with van der Waals surface area (Å²) in [4.78, 5) is 34.3. The Hall–Kier alpha value is -8.02. The van der Waals surface area contributed by atoms with E-state index in [-0.39, 0.29) is 36.2 Å². The van der Waals surface area contributed by atoms with E-state index < -0.39 is 25.2 Å². The summed E-state index contributed by atoms with van der Waals surface area (Å²) in [5.74, 6) is 3.15. The van der Waals surface area contributed by atoms with E-state index in [2.05, 4.69) is 20.6 Å². The van der Waals surface area contributed by atoms with Crippen LogP contribution in [-0.2, 0) is 0 Å². The molecule has 2 aliphatic carbocycles.